The summed E-state index contributed by atoms with van der Waals surface area (Å²) in [7, 11) is 1.64. The maximum Gasteiger partial charge on any atom is 0.305 e. The van der Waals surface area contributed by atoms with Crippen LogP contribution in [0.1, 0.15) is 38.2 Å². The van der Waals surface area contributed by atoms with Gasteiger partial charge in [0.2, 0.25) is 5.91 Å². The molecule has 0 unspecified atom stereocenters. The molecule has 0 aliphatic heterocycles. The standard InChI is InChI=1S/C17H25NO4/c1-3-13-22-15-9-7-14(8-10-15)5-4-6-16(19)18(2)12-11-17(20)21/h7-10H,3-6,11-13H2,1-2H3,(H,20,21). The first-order valence-electron chi connectivity index (χ1n) is 7.70. The lowest BCUT2D eigenvalue weighted by atomic mass is 10.1. The molecule has 5 nitrogen and oxygen atoms in total. The van der Waals surface area contributed by atoms with Crippen molar-refractivity contribution >= 4 is 11.9 Å². The van der Waals surface area contributed by atoms with Gasteiger partial charge in [0.25, 0.3) is 0 Å². The van der Waals surface area contributed by atoms with E-state index in [4.69, 9.17) is 9.84 Å². The van der Waals surface area contributed by atoms with Crippen LogP contribution < -0.4 is 4.74 Å². The van der Waals surface area contributed by atoms with Crippen LogP contribution in [0.2, 0.25) is 0 Å². The van der Waals surface area contributed by atoms with E-state index in [-0.39, 0.29) is 18.9 Å². The number of amides is 1. The Morgan fingerprint density at radius 3 is 2.45 bits per heavy atom. The molecule has 1 N–H and O–H groups in total. The van der Waals surface area contributed by atoms with Crippen LogP contribution in [0.25, 0.3) is 0 Å². The lowest BCUT2D eigenvalue weighted by Gasteiger charge is -2.15. The largest absolute Gasteiger partial charge is 0.494 e. The number of nitrogens with zero attached hydrogens (tertiary/aromatic N) is 1. The zero-order valence-corrected chi connectivity index (χ0v) is 13.4. The maximum absolute atomic E-state index is 11.8. The molecule has 5 heteroatoms. The molecule has 0 bridgehead atoms. The monoisotopic (exact) mass is 307 g/mol. The summed E-state index contributed by atoms with van der Waals surface area (Å²) >= 11 is 0. The van der Waals surface area contributed by atoms with Gasteiger partial charge in [-0.2, -0.15) is 0 Å². The van der Waals surface area contributed by atoms with E-state index in [1.807, 2.05) is 24.3 Å². The van der Waals surface area contributed by atoms with Crippen LogP contribution in [0.15, 0.2) is 24.3 Å². The van der Waals surface area contributed by atoms with Crippen molar-refractivity contribution in [3.05, 3.63) is 29.8 Å². The highest BCUT2D eigenvalue weighted by Gasteiger charge is 2.09. The number of ether oxygens (including phenoxy) is 1. The Kier molecular flexibility index (Phi) is 8.04. The second-order valence-electron chi connectivity index (χ2n) is 5.30. The molecule has 0 heterocycles. The number of rotatable bonds is 10. The van der Waals surface area contributed by atoms with E-state index in [0.29, 0.717) is 6.42 Å². The van der Waals surface area contributed by atoms with Crippen molar-refractivity contribution in [3.8, 4) is 5.75 Å². The van der Waals surface area contributed by atoms with Gasteiger partial charge in [-0.1, -0.05) is 19.1 Å². The fourth-order valence-corrected chi connectivity index (χ4v) is 1.99. The lowest BCUT2D eigenvalue weighted by Crippen LogP contribution is -2.28. The number of aryl methyl sites for hydroxylation is 1. The Balaban J connectivity index is 2.28. The van der Waals surface area contributed by atoms with Crippen molar-refractivity contribution in [3.63, 3.8) is 0 Å². The van der Waals surface area contributed by atoms with E-state index in [1.165, 1.54) is 10.5 Å². The van der Waals surface area contributed by atoms with Crippen LogP contribution in [0.5, 0.6) is 5.75 Å². The highest BCUT2D eigenvalue weighted by atomic mass is 16.5. The van der Waals surface area contributed by atoms with Crippen molar-refractivity contribution in [2.24, 2.45) is 0 Å². The number of hydrogen-bond acceptors (Lipinski definition) is 3. The first-order chi connectivity index (χ1) is 10.5. The summed E-state index contributed by atoms with van der Waals surface area (Å²) in [6, 6.07) is 7.94. The zero-order valence-electron chi connectivity index (χ0n) is 13.4. The number of carbonyl (C=O) groups is 2. The van der Waals surface area contributed by atoms with E-state index in [9.17, 15) is 9.59 Å². The number of carbonyl (C=O) groups excluding carboxylic acids is 1. The molecule has 22 heavy (non-hydrogen) atoms. The van der Waals surface area contributed by atoms with E-state index < -0.39 is 5.97 Å². The summed E-state index contributed by atoms with van der Waals surface area (Å²) in [5.74, 6) is -0.0238. The molecule has 0 atom stereocenters. The Labute approximate surface area is 131 Å². The second-order valence-corrected chi connectivity index (χ2v) is 5.30. The predicted molar refractivity (Wildman–Crippen MR) is 85.1 cm³/mol. The first kappa shape index (κ1) is 18.0. The molecule has 0 aliphatic carbocycles. The average molecular weight is 307 g/mol. The Bertz CT molecular complexity index is 470. The molecule has 1 rings (SSSR count). The number of carboxylic acid groups (broad SMARTS) is 1. The van der Waals surface area contributed by atoms with Crippen LogP contribution in [-0.4, -0.2) is 42.1 Å². The normalized spacial score (nSPS) is 10.3. The number of hydrogen-bond donors (Lipinski definition) is 1. The molecule has 0 aromatic heterocycles. The van der Waals surface area contributed by atoms with Gasteiger partial charge >= 0.3 is 5.97 Å². The molecule has 1 amide bonds. The molecule has 0 saturated heterocycles. The molecular weight excluding hydrogens is 282 g/mol. The maximum atomic E-state index is 11.8. The molecular formula is C17H25NO4. The fourth-order valence-electron chi connectivity index (χ4n) is 1.99. The van der Waals surface area contributed by atoms with E-state index in [0.717, 1.165) is 31.6 Å². The first-order valence-corrected chi connectivity index (χ1v) is 7.70. The molecule has 0 aliphatic rings. The minimum atomic E-state index is -0.884. The zero-order chi connectivity index (χ0) is 16.4. The smallest absolute Gasteiger partial charge is 0.305 e. The van der Waals surface area contributed by atoms with Crippen LogP contribution in [0.3, 0.4) is 0 Å². The third kappa shape index (κ3) is 7.11. The van der Waals surface area contributed by atoms with Crippen molar-refractivity contribution in [2.45, 2.75) is 39.0 Å². The third-order valence-corrected chi connectivity index (χ3v) is 3.34. The number of carboxylic acids is 1. The van der Waals surface area contributed by atoms with Gasteiger partial charge in [-0.25, -0.2) is 0 Å². The number of aliphatic carboxylic acids is 1. The highest BCUT2D eigenvalue weighted by Crippen LogP contribution is 2.14. The summed E-state index contributed by atoms with van der Waals surface area (Å²) in [5, 5.41) is 8.60. The van der Waals surface area contributed by atoms with E-state index >= 15 is 0 Å². The van der Waals surface area contributed by atoms with Crippen molar-refractivity contribution in [2.75, 3.05) is 20.2 Å². The van der Waals surface area contributed by atoms with Gasteiger partial charge in [-0.3, -0.25) is 9.59 Å². The number of benzene rings is 1. The van der Waals surface area contributed by atoms with Crippen LogP contribution in [0.4, 0.5) is 0 Å². The van der Waals surface area contributed by atoms with E-state index in [1.54, 1.807) is 7.05 Å². The van der Waals surface area contributed by atoms with Gasteiger partial charge in [0.1, 0.15) is 5.75 Å². The second kappa shape index (κ2) is 9.82. The Morgan fingerprint density at radius 1 is 1.18 bits per heavy atom. The third-order valence-electron chi connectivity index (χ3n) is 3.34. The minimum absolute atomic E-state index is 0.0100. The predicted octanol–water partition coefficient (Wildman–Crippen LogP) is 2.73. The quantitative estimate of drug-likeness (QED) is 0.722. The molecule has 0 spiro atoms. The summed E-state index contributed by atoms with van der Waals surface area (Å²) in [5.41, 5.74) is 1.17. The SMILES string of the molecule is CCCOc1ccc(CCCC(=O)N(C)CCC(=O)O)cc1. The molecule has 0 radical (unpaired) electrons. The molecule has 1 aromatic rings. The van der Waals surface area contributed by atoms with Gasteiger partial charge < -0.3 is 14.7 Å². The topological polar surface area (TPSA) is 66.8 Å². The van der Waals surface area contributed by atoms with Gasteiger partial charge in [-0.05, 0) is 37.0 Å². The van der Waals surface area contributed by atoms with Crippen molar-refractivity contribution in [1.82, 2.24) is 4.90 Å². The fraction of sp³-hybridized carbons (Fsp3) is 0.529. The van der Waals surface area contributed by atoms with Crippen LogP contribution >= 0.6 is 0 Å². The molecule has 122 valence electrons. The average Bonchev–Trinajstić information content (AvgIpc) is 2.51. The Morgan fingerprint density at radius 2 is 1.86 bits per heavy atom. The highest BCUT2D eigenvalue weighted by molar-refractivity contribution is 5.76. The van der Waals surface area contributed by atoms with Crippen molar-refractivity contribution < 1.29 is 19.4 Å². The van der Waals surface area contributed by atoms with Crippen molar-refractivity contribution in [1.29, 1.82) is 0 Å². The van der Waals surface area contributed by atoms with Gasteiger partial charge in [-0.15, -0.1) is 0 Å². The van der Waals surface area contributed by atoms with Crippen LogP contribution in [-0.2, 0) is 16.0 Å². The summed E-state index contributed by atoms with van der Waals surface area (Å²) in [4.78, 5) is 23.8. The molecule has 1 aromatic carbocycles. The molecule has 0 saturated carbocycles. The lowest BCUT2D eigenvalue weighted by molar-refractivity contribution is -0.138. The van der Waals surface area contributed by atoms with Crippen LogP contribution in [0, 0.1) is 0 Å². The van der Waals surface area contributed by atoms with E-state index in [2.05, 4.69) is 6.92 Å². The Hall–Kier alpha value is -2.04. The minimum Gasteiger partial charge on any atom is -0.494 e. The summed E-state index contributed by atoms with van der Waals surface area (Å²) < 4.78 is 5.52. The summed E-state index contributed by atoms with van der Waals surface area (Å²) in [6.45, 7) is 3.05. The van der Waals surface area contributed by atoms with Gasteiger partial charge in [0, 0.05) is 20.0 Å². The summed E-state index contributed by atoms with van der Waals surface area (Å²) in [6.07, 6.45) is 2.99. The molecule has 0 fully saturated rings. The van der Waals surface area contributed by atoms with Gasteiger partial charge in [0.05, 0.1) is 13.0 Å². The van der Waals surface area contributed by atoms with Gasteiger partial charge in [0.15, 0.2) is 0 Å².